The fourth-order valence-corrected chi connectivity index (χ4v) is 5.24. The average Bonchev–Trinajstić information content (AvgIpc) is 3.48. The second kappa shape index (κ2) is 10.1. The van der Waals surface area contributed by atoms with E-state index in [-0.39, 0.29) is 5.91 Å². The number of hydrogen-bond acceptors (Lipinski definition) is 2. The second-order valence-electron chi connectivity index (χ2n) is 9.29. The van der Waals surface area contributed by atoms with Gasteiger partial charge in [-0.15, -0.1) is 0 Å². The molecule has 0 saturated carbocycles. The molecule has 0 bridgehead atoms. The first-order valence-corrected chi connectivity index (χ1v) is 13.2. The summed E-state index contributed by atoms with van der Waals surface area (Å²) in [6, 6.07) is 32.5. The van der Waals surface area contributed by atoms with Crippen molar-refractivity contribution in [2.24, 2.45) is 0 Å². The number of amides is 1. The molecule has 0 unspecified atom stereocenters. The number of nitrogens with zero attached hydrogens (tertiary/aromatic N) is 3. The predicted octanol–water partition coefficient (Wildman–Crippen LogP) is 6.92. The van der Waals surface area contributed by atoms with Crippen molar-refractivity contribution in [2.75, 3.05) is 10.2 Å². The van der Waals surface area contributed by atoms with Crippen LogP contribution in [-0.4, -0.2) is 15.0 Å². The number of benzene rings is 3. The summed E-state index contributed by atoms with van der Waals surface area (Å²) >= 11 is 3.42. The minimum absolute atomic E-state index is 0.0274. The third-order valence-corrected chi connectivity index (χ3v) is 7.47. The number of carbonyl (C=O) groups is 1. The molecule has 1 amide bonds. The molecule has 5 nitrogen and oxygen atoms in total. The fraction of sp³-hybridized carbons (Fsp3) is 0.129. The quantitative estimate of drug-likeness (QED) is 0.246. The van der Waals surface area contributed by atoms with Crippen molar-refractivity contribution in [1.82, 2.24) is 9.13 Å². The summed E-state index contributed by atoms with van der Waals surface area (Å²) in [6.07, 6.45) is 4.21. The molecule has 4 heterocycles. The van der Waals surface area contributed by atoms with Crippen LogP contribution in [0.5, 0.6) is 0 Å². The predicted molar refractivity (Wildman–Crippen MR) is 152 cm³/mol. The van der Waals surface area contributed by atoms with E-state index in [1.807, 2.05) is 53.4 Å². The van der Waals surface area contributed by atoms with Crippen LogP contribution in [0.3, 0.4) is 0 Å². The number of rotatable bonds is 1. The summed E-state index contributed by atoms with van der Waals surface area (Å²) in [5.41, 5.74) is 7.96. The van der Waals surface area contributed by atoms with Gasteiger partial charge in [-0.2, -0.15) is 0 Å². The van der Waals surface area contributed by atoms with E-state index in [2.05, 4.69) is 91.3 Å². The SMILES string of the molecule is O=C(c1ccc(Br)cc1)N1Cc2cccn2Cc2ccccc21.c1ccc2c(c1)Cn1cccc1CN2. The van der Waals surface area contributed by atoms with Gasteiger partial charge in [0.05, 0.1) is 13.1 Å². The lowest BCUT2D eigenvalue weighted by Crippen LogP contribution is -2.30. The highest BCUT2D eigenvalue weighted by atomic mass is 79.9. The molecule has 3 aromatic carbocycles. The smallest absolute Gasteiger partial charge is 0.258 e. The van der Waals surface area contributed by atoms with E-state index in [0.29, 0.717) is 12.1 Å². The third kappa shape index (κ3) is 4.85. The molecular weight excluding hydrogens is 524 g/mol. The standard InChI is InChI=1S/C19H15BrN2O.C12H12N2/c20-16-9-7-14(8-10-16)19(23)22-13-17-5-3-11-21(17)12-15-4-1-2-6-18(15)22;1-2-6-12-10(4-1)9-14-7-3-5-11(14)8-13-12/h1-11H,12-13H2;1-7,13H,8-9H2. The van der Waals surface area contributed by atoms with E-state index in [1.165, 1.54) is 16.9 Å². The first-order valence-electron chi connectivity index (χ1n) is 12.4. The van der Waals surface area contributed by atoms with E-state index < -0.39 is 0 Å². The summed E-state index contributed by atoms with van der Waals surface area (Å²) in [4.78, 5) is 14.9. The normalized spacial score (nSPS) is 13.4. The zero-order chi connectivity index (χ0) is 25.2. The van der Waals surface area contributed by atoms with E-state index in [0.717, 1.165) is 41.1 Å². The molecule has 2 aliphatic heterocycles. The Bertz CT molecular complexity index is 1550. The molecule has 0 saturated heterocycles. The van der Waals surface area contributed by atoms with Gasteiger partial charge in [-0.3, -0.25) is 4.79 Å². The zero-order valence-electron chi connectivity index (χ0n) is 20.3. The van der Waals surface area contributed by atoms with E-state index in [1.54, 1.807) is 0 Å². The fourth-order valence-electron chi connectivity index (χ4n) is 4.98. The number of para-hydroxylation sites is 2. The van der Waals surface area contributed by atoms with Crippen LogP contribution in [0.2, 0.25) is 0 Å². The Kier molecular flexibility index (Phi) is 6.41. The van der Waals surface area contributed by atoms with Gasteiger partial charge in [0, 0.05) is 58.3 Å². The molecule has 0 aliphatic carbocycles. The number of carbonyl (C=O) groups excluding carboxylic acids is 1. The summed E-state index contributed by atoms with van der Waals surface area (Å²) in [6.45, 7) is 3.27. The van der Waals surface area contributed by atoms with Crippen LogP contribution in [-0.2, 0) is 26.2 Å². The monoisotopic (exact) mass is 550 g/mol. The van der Waals surface area contributed by atoms with Gasteiger partial charge in [-0.1, -0.05) is 52.3 Å². The number of hydrogen-bond donors (Lipinski definition) is 1. The number of halogens is 1. The van der Waals surface area contributed by atoms with Crippen LogP contribution in [0.25, 0.3) is 0 Å². The maximum absolute atomic E-state index is 13.1. The topological polar surface area (TPSA) is 42.2 Å². The van der Waals surface area contributed by atoms with Gasteiger partial charge in [0.2, 0.25) is 0 Å². The molecule has 184 valence electrons. The maximum Gasteiger partial charge on any atom is 0.258 e. The van der Waals surface area contributed by atoms with Crippen LogP contribution in [0, 0.1) is 0 Å². The van der Waals surface area contributed by atoms with Crippen molar-refractivity contribution in [3.8, 4) is 0 Å². The Hall–Kier alpha value is -4.03. The van der Waals surface area contributed by atoms with Crippen molar-refractivity contribution < 1.29 is 4.79 Å². The minimum atomic E-state index is 0.0274. The first kappa shape index (κ1) is 23.4. The Balaban J connectivity index is 0.000000153. The Morgan fingerprint density at radius 2 is 1.32 bits per heavy atom. The van der Waals surface area contributed by atoms with Crippen LogP contribution in [0.4, 0.5) is 11.4 Å². The van der Waals surface area contributed by atoms with Gasteiger partial charge in [0.15, 0.2) is 0 Å². The van der Waals surface area contributed by atoms with Crippen LogP contribution in [0.1, 0.15) is 32.9 Å². The Morgan fingerprint density at radius 1 is 0.676 bits per heavy atom. The summed E-state index contributed by atoms with van der Waals surface area (Å²) in [5.74, 6) is 0.0274. The van der Waals surface area contributed by atoms with E-state index >= 15 is 0 Å². The lowest BCUT2D eigenvalue weighted by Gasteiger charge is -2.22. The number of nitrogens with one attached hydrogen (secondary N) is 1. The average molecular weight is 551 g/mol. The van der Waals surface area contributed by atoms with E-state index in [9.17, 15) is 4.79 Å². The Morgan fingerprint density at radius 3 is 2.14 bits per heavy atom. The highest BCUT2D eigenvalue weighted by molar-refractivity contribution is 9.10. The van der Waals surface area contributed by atoms with Crippen molar-refractivity contribution in [1.29, 1.82) is 0 Å². The lowest BCUT2D eigenvalue weighted by molar-refractivity contribution is 0.0985. The van der Waals surface area contributed by atoms with Gasteiger partial charge in [-0.05, 0) is 71.8 Å². The van der Waals surface area contributed by atoms with Crippen molar-refractivity contribution >= 4 is 33.2 Å². The summed E-state index contributed by atoms with van der Waals surface area (Å²) in [5, 5.41) is 3.45. The highest BCUT2D eigenvalue weighted by Crippen LogP contribution is 2.29. The molecule has 0 fully saturated rings. The number of aromatic nitrogens is 2. The molecule has 2 aliphatic rings. The molecule has 0 atom stereocenters. The van der Waals surface area contributed by atoms with Gasteiger partial charge in [0.1, 0.15) is 0 Å². The second-order valence-corrected chi connectivity index (χ2v) is 10.2. The molecule has 6 heteroatoms. The van der Waals surface area contributed by atoms with Gasteiger partial charge >= 0.3 is 0 Å². The van der Waals surface area contributed by atoms with Crippen LogP contribution < -0.4 is 10.2 Å². The molecule has 1 N–H and O–H groups in total. The van der Waals surface area contributed by atoms with Crippen molar-refractivity contribution in [3.63, 3.8) is 0 Å². The zero-order valence-corrected chi connectivity index (χ0v) is 21.9. The third-order valence-electron chi connectivity index (χ3n) is 6.94. The molecule has 7 rings (SSSR count). The Labute approximate surface area is 225 Å². The number of fused-ring (bicyclic) bond motifs is 4. The summed E-state index contributed by atoms with van der Waals surface area (Å²) in [7, 11) is 0. The minimum Gasteiger partial charge on any atom is -0.379 e. The first-order chi connectivity index (χ1) is 18.2. The molecule has 0 spiro atoms. The van der Waals surface area contributed by atoms with Gasteiger partial charge in [0.25, 0.3) is 5.91 Å². The molecular formula is C31H27BrN4O. The van der Waals surface area contributed by atoms with E-state index in [4.69, 9.17) is 0 Å². The lowest BCUT2D eigenvalue weighted by atomic mass is 10.1. The maximum atomic E-state index is 13.1. The van der Waals surface area contributed by atoms with Crippen LogP contribution >= 0.6 is 15.9 Å². The largest absolute Gasteiger partial charge is 0.379 e. The summed E-state index contributed by atoms with van der Waals surface area (Å²) < 4.78 is 5.46. The van der Waals surface area contributed by atoms with Crippen molar-refractivity contribution in [2.45, 2.75) is 26.2 Å². The molecule has 5 aromatic rings. The number of anilines is 2. The van der Waals surface area contributed by atoms with Gasteiger partial charge < -0.3 is 19.4 Å². The van der Waals surface area contributed by atoms with Gasteiger partial charge in [-0.25, -0.2) is 0 Å². The molecule has 0 radical (unpaired) electrons. The highest BCUT2D eigenvalue weighted by Gasteiger charge is 2.24. The van der Waals surface area contributed by atoms with Crippen LogP contribution in [0.15, 0.2) is 114 Å². The molecule has 37 heavy (non-hydrogen) atoms. The van der Waals surface area contributed by atoms with Crippen molar-refractivity contribution in [3.05, 3.63) is 142 Å². The molecule has 2 aromatic heterocycles.